The Morgan fingerprint density at radius 2 is 0.750 bits per heavy atom. The number of quaternary nitrogens is 1. The van der Waals surface area contributed by atoms with E-state index in [2.05, 4.69) is 92.1 Å². The van der Waals surface area contributed by atoms with Crippen LogP contribution in [0.2, 0.25) is 0 Å². The normalized spacial score (nSPS) is 14.1. The second-order valence-corrected chi connectivity index (χ2v) is 26.0. The molecule has 3 atom stereocenters. The molecule has 468 valence electrons. The lowest BCUT2D eigenvalue weighted by Gasteiger charge is -2.26. The van der Waals surface area contributed by atoms with Crippen LogP contribution in [-0.2, 0) is 18.4 Å². The Kier molecular flexibility index (Phi) is 59.9. The van der Waals surface area contributed by atoms with E-state index in [0.717, 1.165) is 77.0 Å². The van der Waals surface area contributed by atoms with Crippen molar-refractivity contribution < 1.29 is 32.9 Å². The average Bonchev–Trinajstić information content (AvgIpc) is 3.42. The molecule has 0 radical (unpaired) electrons. The molecule has 0 aromatic rings. The van der Waals surface area contributed by atoms with Gasteiger partial charge in [-0.2, -0.15) is 0 Å². The molecule has 0 saturated carbocycles. The van der Waals surface area contributed by atoms with E-state index in [4.69, 9.17) is 9.05 Å². The Balaban J connectivity index is 3.99. The molecule has 0 aliphatic carbocycles. The van der Waals surface area contributed by atoms with Gasteiger partial charge >= 0.3 is 7.82 Å². The molecular weight excluding hydrogens is 1010 g/mol. The lowest BCUT2D eigenvalue weighted by molar-refractivity contribution is -0.870. The molecule has 80 heavy (non-hydrogen) atoms. The highest BCUT2D eigenvalue weighted by Gasteiger charge is 2.28. The third-order valence-corrected chi connectivity index (χ3v) is 16.5. The van der Waals surface area contributed by atoms with Gasteiger partial charge in [0.15, 0.2) is 0 Å². The van der Waals surface area contributed by atoms with Gasteiger partial charge in [-0.05, 0) is 64.2 Å². The van der Waals surface area contributed by atoms with Crippen molar-refractivity contribution in [1.29, 1.82) is 0 Å². The molecule has 0 saturated heterocycles. The van der Waals surface area contributed by atoms with Crippen molar-refractivity contribution in [2.45, 2.75) is 334 Å². The van der Waals surface area contributed by atoms with E-state index >= 15 is 0 Å². The number of unbranched alkanes of at least 4 members (excludes halogenated alkanes) is 38. The van der Waals surface area contributed by atoms with Crippen molar-refractivity contribution in [3.63, 3.8) is 0 Å². The number of rotatable bonds is 63. The van der Waals surface area contributed by atoms with Crippen LogP contribution in [0.3, 0.4) is 0 Å². The number of nitrogens with one attached hydrogen (secondary N) is 1. The predicted octanol–water partition coefficient (Wildman–Crippen LogP) is 21.8. The number of allylic oxidation sites excluding steroid dienone is 12. The standard InChI is InChI=1S/C71H133N2O6P/c1-6-8-10-12-14-16-18-20-22-24-26-28-29-30-31-32-33-34-35-36-37-38-39-40-41-42-43-45-47-49-51-53-55-57-59-61-63-65-71(75)72-69(68-79-80(76,77)78-67-66-73(3,4)5)70(74)64-62-60-58-56-54-52-50-48-46-44-27-25-23-21-19-17-15-13-11-9-7-2/h8,10,14,16,20,22,26,28,30-31,33-34,69-70,74H,6-7,9,11-13,15,17-19,21,23-25,27,29,32,35-68H2,1-5H3,(H-,72,75,76,77)/p+1/b10-8-,16-14-,22-20-,28-26-,31-30-,34-33-. The molecule has 0 fully saturated rings. The first-order valence-electron chi connectivity index (χ1n) is 34.3. The number of hydrogen-bond acceptors (Lipinski definition) is 5. The van der Waals surface area contributed by atoms with Gasteiger partial charge in [-0.25, -0.2) is 4.57 Å². The Bertz CT molecular complexity index is 1530. The molecule has 3 N–H and O–H groups in total. The lowest BCUT2D eigenvalue weighted by Crippen LogP contribution is -2.46. The summed E-state index contributed by atoms with van der Waals surface area (Å²) in [7, 11) is 1.63. The summed E-state index contributed by atoms with van der Waals surface area (Å²) in [5, 5.41) is 14.1. The summed E-state index contributed by atoms with van der Waals surface area (Å²) in [5.41, 5.74) is 0. The fraction of sp³-hybridized carbons (Fsp3) is 0.817. The van der Waals surface area contributed by atoms with Crippen molar-refractivity contribution in [2.75, 3.05) is 40.9 Å². The number of carbonyl (C=O) groups is 1. The van der Waals surface area contributed by atoms with E-state index < -0.39 is 20.0 Å². The van der Waals surface area contributed by atoms with Crippen molar-refractivity contribution >= 4 is 13.7 Å². The molecule has 0 bridgehead atoms. The van der Waals surface area contributed by atoms with E-state index in [1.165, 1.54) is 218 Å². The topological polar surface area (TPSA) is 105 Å². The summed E-state index contributed by atoms with van der Waals surface area (Å²) in [6, 6.07) is -0.763. The summed E-state index contributed by atoms with van der Waals surface area (Å²) < 4.78 is 23.9. The van der Waals surface area contributed by atoms with E-state index in [-0.39, 0.29) is 19.1 Å². The molecular formula is C71H134N2O6P+. The van der Waals surface area contributed by atoms with Gasteiger partial charge in [0.2, 0.25) is 5.91 Å². The van der Waals surface area contributed by atoms with Crippen LogP contribution >= 0.6 is 7.82 Å². The predicted molar refractivity (Wildman–Crippen MR) is 350 cm³/mol. The minimum atomic E-state index is -4.33. The van der Waals surface area contributed by atoms with E-state index in [1.807, 2.05) is 21.1 Å². The highest BCUT2D eigenvalue weighted by Crippen LogP contribution is 2.43. The summed E-state index contributed by atoms with van der Waals surface area (Å²) in [5.74, 6) is -0.140. The van der Waals surface area contributed by atoms with E-state index in [1.54, 1.807) is 0 Å². The maximum atomic E-state index is 13.1. The second-order valence-electron chi connectivity index (χ2n) is 24.5. The van der Waals surface area contributed by atoms with E-state index in [9.17, 15) is 19.4 Å². The smallest absolute Gasteiger partial charge is 0.391 e. The largest absolute Gasteiger partial charge is 0.472 e. The highest BCUT2D eigenvalue weighted by atomic mass is 31.2. The van der Waals surface area contributed by atoms with Crippen LogP contribution in [-0.4, -0.2) is 73.4 Å². The first kappa shape index (κ1) is 77.9. The molecule has 9 heteroatoms. The fourth-order valence-corrected chi connectivity index (χ4v) is 10.9. The van der Waals surface area contributed by atoms with Crippen LogP contribution < -0.4 is 5.32 Å². The number of amides is 1. The minimum Gasteiger partial charge on any atom is -0.391 e. The zero-order valence-electron chi connectivity index (χ0n) is 53.6. The molecule has 0 spiro atoms. The average molecular weight is 1140 g/mol. The maximum Gasteiger partial charge on any atom is 0.472 e. The number of likely N-dealkylation sites (N-methyl/N-ethyl adjacent to an activating group) is 1. The molecule has 0 aliphatic rings. The van der Waals surface area contributed by atoms with Crippen LogP contribution in [0.1, 0.15) is 322 Å². The third-order valence-electron chi connectivity index (χ3n) is 15.5. The molecule has 0 aliphatic heterocycles. The van der Waals surface area contributed by atoms with Crippen LogP contribution in [0, 0.1) is 0 Å². The van der Waals surface area contributed by atoms with Crippen LogP contribution in [0.25, 0.3) is 0 Å². The summed E-state index contributed by atoms with van der Waals surface area (Å²) >= 11 is 0. The SMILES string of the molecule is CC/C=C\C/C=C\C/C=C\C/C=C\C/C=C\C/C=C\CCCCCCCCCCCCCCCCCCCCC(=O)NC(COP(=O)(O)OCC[N+](C)(C)C)C(O)CCCCCCCCCCCCCCCCCCCCCCC. The van der Waals surface area contributed by atoms with Gasteiger partial charge in [-0.1, -0.05) is 324 Å². The number of nitrogens with zero attached hydrogens (tertiary/aromatic N) is 1. The van der Waals surface area contributed by atoms with E-state index in [0.29, 0.717) is 23.9 Å². The van der Waals surface area contributed by atoms with Gasteiger partial charge in [0, 0.05) is 6.42 Å². The summed E-state index contributed by atoms with van der Waals surface area (Å²) in [6.45, 7) is 4.81. The third kappa shape index (κ3) is 63.5. The summed E-state index contributed by atoms with van der Waals surface area (Å²) in [4.78, 5) is 23.4. The second kappa shape index (κ2) is 61.5. The number of aliphatic hydroxyl groups excluding tert-OH is 1. The van der Waals surface area contributed by atoms with Gasteiger partial charge in [0.1, 0.15) is 13.2 Å². The number of phosphoric acid groups is 1. The molecule has 1 amide bonds. The van der Waals surface area contributed by atoms with Gasteiger partial charge < -0.3 is 19.8 Å². The zero-order valence-corrected chi connectivity index (χ0v) is 54.5. The first-order valence-corrected chi connectivity index (χ1v) is 35.8. The Hall–Kier alpha value is -2.06. The zero-order chi connectivity index (χ0) is 58.4. The maximum absolute atomic E-state index is 13.1. The molecule has 8 nitrogen and oxygen atoms in total. The van der Waals surface area contributed by atoms with Crippen LogP contribution in [0.4, 0.5) is 0 Å². The number of hydrogen-bond donors (Lipinski definition) is 3. The molecule has 3 unspecified atom stereocenters. The number of phosphoric ester groups is 1. The summed E-state index contributed by atoms with van der Waals surface area (Å²) in [6.07, 6.45) is 85.7. The number of aliphatic hydroxyl groups is 1. The van der Waals surface area contributed by atoms with Crippen molar-refractivity contribution in [3.8, 4) is 0 Å². The van der Waals surface area contributed by atoms with Gasteiger partial charge in [0.25, 0.3) is 0 Å². The minimum absolute atomic E-state index is 0.0748. The van der Waals surface area contributed by atoms with Crippen molar-refractivity contribution in [1.82, 2.24) is 5.32 Å². The van der Waals surface area contributed by atoms with Crippen molar-refractivity contribution in [3.05, 3.63) is 72.9 Å². The quantitative estimate of drug-likeness (QED) is 0.0243. The van der Waals surface area contributed by atoms with Crippen LogP contribution in [0.15, 0.2) is 72.9 Å². The number of carbonyl (C=O) groups excluding carboxylic acids is 1. The Morgan fingerprint density at radius 3 is 1.10 bits per heavy atom. The first-order chi connectivity index (χ1) is 39.0. The van der Waals surface area contributed by atoms with Gasteiger partial charge in [0.05, 0.1) is 39.9 Å². The molecule has 0 aromatic heterocycles. The Morgan fingerprint density at radius 1 is 0.438 bits per heavy atom. The lowest BCUT2D eigenvalue weighted by atomic mass is 10.0. The molecule has 0 heterocycles. The van der Waals surface area contributed by atoms with Gasteiger partial charge in [-0.3, -0.25) is 13.8 Å². The molecule has 0 aromatic carbocycles. The Labute approximate surface area is 497 Å². The molecule has 0 rings (SSSR count). The monoisotopic (exact) mass is 1140 g/mol. The van der Waals surface area contributed by atoms with Crippen molar-refractivity contribution in [2.24, 2.45) is 0 Å². The van der Waals surface area contributed by atoms with Gasteiger partial charge in [-0.15, -0.1) is 0 Å². The van der Waals surface area contributed by atoms with Crippen LogP contribution in [0.5, 0.6) is 0 Å². The fourth-order valence-electron chi connectivity index (χ4n) is 10.2. The highest BCUT2D eigenvalue weighted by molar-refractivity contribution is 7.47.